The molecule has 0 radical (unpaired) electrons. The average Bonchev–Trinajstić information content (AvgIpc) is 2.89. The minimum Gasteiger partial charge on any atom is -0.504 e. The molecular weight excluding hydrogens is 280 g/mol. The van der Waals surface area contributed by atoms with Gasteiger partial charge in [-0.3, -0.25) is 4.79 Å². The molecule has 0 fully saturated rings. The van der Waals surface area contributed by atoms with Crippen LogP contribution in [0.1, 0.15) is 42.7 Å². The van der Waals surface area contributed by atoms with Crippen molar-refractivity contribution in [3.05, 3.63) is 41.7 Å². The summed E-state index contributed by atoms with van der Waals surface area (Å²) >= 11 is 0. The lowest BCUT2D eigenvalue weighted by Gasteiger charge is -2.09. The highest BCUT2D eigenvalue weighted by molar-refractivity contribution is 5.95. The van der Waals surface area contributed by atoms with Crippen molar-refractivity contribution >= 4 is 5.91 Å². The fourth-order valence-corrected chi connectivity index (χ4v) is 2.02. The highest BCUT2D eigenvalue weighted by Gasteiger charge is 2.18. The van der Waals surface area contributed by atoms with Gasteiger partial charge < -0.3 is 16.2 Å². The van der Waals surface area contributed by atoms with Gasteiger partial charge in [0.25, 0.3) is 5.91 Å². The molecule has 1 atom stereocenters. The lowest BCUT2D eigenvalue weighted by molar-refractivity contribution is 0.0933. The largest absolute Gasteiger partial charge is 0.504 e. The van der Waals surface area contributed by atoms with Gasteiger partial charge in [-0.15, -0.1) is 0 Å². The van der Waals surface area contributed by atoms with Gasteiger partial charge in [0.2, 0.25) is 0 Å². The van der Waals surface area contributed by atoms with Gasteiger partial charge >= 0.3 is 0 Å². The van der Waals surface area contributed by atoms with Crippen LogP contribution in [0.3, 0.4) is 0 Å². The summed E-state index contributed by atoms with van der Waals surface area (Å²) in [7, 11) is 0. The van der Waals surface area contributed by atoms with E-state index in [0.29, 0.717) is 12.5 Å². The Labute approximate surface area is 129 Å². The molecule has 4 N–H and O–H groups in total. The topological polar surface area (TPSA) is 93.2 Å². The molecule has 1 aromatic carbocycles. The van der Waals surface area contributed by atoms with Gasteiger partial charge in [-0.1, -0.05) is 26.0 Å². The molecule has 22 heavy (non-hydrogen) atoms. The lowest BCUT2D eigenvalue weighted by Crippen LogP contribution is -2.38. The van der Waals surface area contributed by atoms with Gasteiger partial charge in [-0.25, -0.2) is 4.68 Å². The zero-order valence-electron chi connectivity index (χ0n) is 13.1. The fourth-order valence-electron chi connectivity index (χ4n) is 2.02. The zero-order chi connectivity index (χ0) is 16.3. The van der Waals surface area contributed by atoms with Crippen LogP contribution in [-0.2, 0) is 0 Å². The van der Waals surface area contributed by atoms with E-state index in [0.717, 1.165) is 5.69 Å². The molecular formula is C16H22N4O2. The Hall–Kier alpha value is -2.34. The third-order valence-electron chi connectivity index (χ3n) is 3.47. The van der Waals surface area contributed by atoms with Crippen molar-refractivity contribution in [1.29, 1.82) is 0 Å². The second-order valence-corrected chi connectivity index (χ2v) is 5.66. The molecule has 0 saturated heterocycles. The maximum atomic E-state index is 12.0. The number of aromatic nitrogens is 2. The Bertz CT molecular complexity index is 647. The van der Waals surface area contributed by atoms with Crippen molar-refractivity contribution in [2.75, 3.05) is 6.54 Å². The van der Waals surface area contributed by atoms with E-state index in [-0.39, 0.29) is 17.5 Å². The van der Waals surface area contributed by atoms with Crippen LogP contribution in [0.15, 0.2) is 30.5 Å². The van der Waals surface area contributed by atoms with Crippen molar-refractivity contribution in [2.45, 2.75) is 32.7 Å². The number of amides is 1. The minimum atomic E-state index is -0.437. The Morgan fingerprint density at radius 3 is 2.50 bits per heavy atom. The van der Waals surface area contributed by atoms with Crippen LogP contribution in [0.2, 0.25) is 0 Å². The normalized spacial score (nSPS) is 12.4. The van der Waals surface area contributed by atoms with Gasteiger partial charge in [-0.2, -0.15) is 5.10 Å². The summed E-state index contributed by atoms with van der Waals surface area (Å²) in [5.41, 5.74) is 7.46. The van der Waals surface area contributed by atoms with Gasteiger partial charge in [0, 0.05) is 12.6 Å². The molecule has 0 spiro atoms. The van der Waals surface area contributed by atoms with E-state index >= 15 is 0 Å². The van der Waals surface area contributed by atoms with Crippen LogP contribution in [-0.4, -0.2) is 33.4 Å². The molecule has 6 nitrogen and oxygen atoms in total. The van der Waals surface area contributed by atoms with E-state index in [1.54, 1.807) is 6.92 Å². The molecule has 1 amide bonds. The quantitative estimate of drug-likeness (QED) is 0.785. The highest BCUT2D eigenvalue weighted by Crippen LogP contribution is 2.20. The summed E-state index contributed by atoms with van der Waals surface area (Å²) in [6.07, 6.45) is 1.42. The van der Waals surface area contributed by atoms with Crippen molar-refractivity contribution in [3.8, 4) is 11.4 Å². The Morgan fingerprint density at radius 1 is 1.32 bits per heavy atom. The van der Waals surface area contributed by atoms with Gasteiger partial charge in [0.15, 0.2) is 11.4 Å². The first-order valence-electron chi connectivity index (χ1n) is 7.32. The van der Waals surface area contributed by atoms with Gasteiger partial charge in [0.1, 0.15) is 0 Å². The van der Waals surface area contributed by atoms with Crippen molar-refractivity contribution in [3.63, 3.8) is 0 Å². The molecule has 1 heterocycles. The number of hydrogen-bond acceptors (Lipinski definition) is 4. The van der Waals surface area contributed by atoms with E-state index in [1.807, 2.05) is 24.3 Å². The average molecular weight is 302 g/mol. The molecule has 1 aromatic heterocycles. The predicted molar refractivity (Wildman–Crippen MR) is 85.3 cm³/mol. The molecule has 0 aliphatic carbocycles. The molecule has 2 aromatic rings. The summed E-state index contributed by atoms with van der Waals surface area (Å²) in [5.74, 6) is -0.151. The first-order chi connectivity index (χ1) is 10.4. The van der Waals surface area contributed by atoms with Crippen molar-refractivity contribution < 1.29 is 9.90 Å². The molecule has 2 rings (SSSR count). The molecule has 0 aliphatic heterocycles. The minimum absolute atomic E-state index is 0.00626. The summed E-state index contributed by atoms with van der Waals surface area (Å²) in [6.45, 7) is 6.35. The molecule has 0 unspecified atom stereocenters. The molecule has 0 aliphatic rings. The third kappa shape index (κ3) is 3.46. The molecule has 0 bridgehead atoms. The smallest absolute Gasteiger partial charge is 0.275 e. The number of aromatic hydroxyl groups is 1. The second-order valence-electron chi connectivity index (χ2n) is 5.66. The second kappa shape index (κ2) is 6.62. The third-order valence-corrected chi connectivity index (χ3v) is 3.47. The van der Waals surface area contributed by atoms with E-state index in [4.69, 9.17) is 5.73 Å². The van der Waals surface area contributed by atoms with Crippen LogP contribution >= 0.6 is 0 Å². The summed E-state index contributed by atoms with van der Waals surface area (Å²) < 4.78 is 1.49. The maximum absolute atomic E-state index is 12.0. The molecule has 0 saturated carbocycles. The number of hydrogen-bond donors (Lipinski definition) is 3. The number of carbonyl (C=O) groups is 1. The van der Waals surface area contributed by atoms with E-state index < -0.39 is 5.91 Å². The number of nitrogens with one attached hydrogen (secondary N) is 1. The van der Waals surface area contributed by atoms with E-state index in [9.17, 15) is 9.90 Å². The summed E-state index contributed by atoms with van der Waals surface area (Å²) in [5, 5.41) is 16.7. The zero-order valence-corrected chi connectivity index (χ0v) is 13.1. The predicted octanol–water partition coefficient (Wildman–Crippen LogP) is 1.78. The van der Waals surface area contributed by atoms with Gasteiger partial charge in [0.05, 0.1) is 11.9 Å². The van der Waals surface area contributed by atoms with Crippen LogP contribution in [0.5, 0.6) is 5.75 Å². The van der Waals surface area contributed by atoms with Crippen molar-refractivity contribution in [2.24, 2.45) is 5.73 Å². The first kappa shape index (κ1) is 16.0. The van der Waals surface area contributed by atoms with Crippen LogP contribution in [0, 0.1) is 0 Å². The van der Waals surface area contributed by atoms with Gasteiger partial charge in [-0.05, 0) is 30.5 Å². The SMILES string of the molecule is CC(C)c1ccc(-n2cc(O)c(C(=O)N[C@@H](C)CN)n2)cc1. The first-order valence-corrected chi connectivity index (χ1v) is 7.32. The fraction of sp³-hybridized carbons (Fsp3) is 0.375. The molecule has 118 valence electrons. The number of carbonyl (C=O) groups excluding carboxylic acids is 1. The maximum Gasteiger partial charge on any atom is 0.275 e. The Balaban J connectivity index is 2.23. The standard InChI is InChI=1S/C16H22N4O2/c1-10(2)12-4-6-13(7-5-12)20-9-14(21)15(19-20)16(22)18-11(3)8-17/h4-7,9-11,21H,8,17H2,1-3H3,(H,18,22)/t11-/m0/s1. The summed E-state index contributed by atoms with van der Waals surface area (Å²) in [4.78, 5) is 12.0. The number of nitrogens with two attached hydrogens (primary N) is 1. The lowest BCUT2D eigenvalue weighted by atomic mass is 10.0. The van der Waals surface area contributed by atoms with E-state index in [2.05, 4.69) is 24.3 Å². The number of rotatable bonds is 5. The van der Waals surface area contributed by atoms with Crippen LogP contribution in [0.25, 0.3) is 5.69 Å². The highest BCUT2D eigenvalue weighted by atomic mass is 16.3. The summed E-state index contributed by atoms with van der Waals surface area (Å²) in [6, 6.07) is 7.66. The number of benzene rings is 1. The number of nitrogens with zero attached hydrogens (tertiary/aromatic N) is 2. The van der Waals surface area contributed by atoms with Crippen LogP contribution in [0.4, 0.5) is 0 Å². The Morgan fingerprint density at radius 2 is 1.95 bits per heavy atom. The van der Waals surface area contributed by atoms with E-state index in [1.165, 1.54) is 16.4 Å². The Kier molecular flexibility index (Phi) is 4.82. The molecule has 6 heteroatoms. The monoisotopic (exact) mass is 302 g/mol. The van der Waals surface area contributed by atoms with Crippen molar-refractivity contribution in [1.82, 2.24) is 15.1 Å². The van der Waals surface area contributed by atoms with Crippen LogP contribution < -0.4 is 11.1 Å².